The van der Waals surface area contributed by atoms with Gasteiger partial charge in [-0.2, -0.15) is 5.26 Å². The number of nitrogens with one attached hydrogen (secondary N) is 1. The summed E-state index contributed by atoms with van der Waals surface area (Å²) in [6, 6.07) is 16.7. The molecule has 0 saturated carbocycles. The van der Waals surface area contributed by atoms with Crippen molar-refractivity contribution in [3.63, 3.8) is 0 Å². The molecule has 1 aromatic heterocycles. The summed E-state index contributed by atoms with van der Waals surface area (Å²) in [4.78, 5) is 23.8. The van der Waals surface area contributed by atoms with Gasteiger partial charge in [-0.05, 0) is 35.3 Å². The van der Waals surface area contributed by atoms with Gasteiger partial charge in [0.05, 0.1) is 0 Å². The van der Waals surface area contributed by atoms with Crippen LogP contribution in [0.3, 0.4) is 0 Å². The number of anilines is 1. The van der Waals surface area contributed by atoms with Crippen molar-refractivity contribution in [1.29, 1.82) is 5.26 Å². The van der Waals surface area contributed by atoms with Crippen LogP contribution in [0, 0.1) is 11.3 Å². The van der Waals surface area contributed by atoms with Crippen molar-refractivity contribution < 1.29 is 14.7 Å². The van der Waals surface area contributed by atoms with Crippen LogP contribution >= 0.6 is 0 Å². The van der Waals surface area contributed by atoms with Crippen molar-refractivity contribution in [3.05, 3.63) is 71.4 Å². The average Bonchev–Trinajstić information content (AvgIpc) is 3.02. The Kier molecular flexibility index (Phi) is 5.74. The molecule has 0 radical (unpaired) electrons. The second-order valence-corrected chi connectivity index (χ2v) is 8.07. The van der Waals surface area contributed by atoms with Gasteiger partial charge in [-0.1, -0.05) is 51.1 Å². The van der Waals surface area contributed by atoms with E-state index in [1.54, 1.807) is 16.8 Å². The van der Waals surface area contributed by atoms with E-state index in [-0.39, 0.29) is 17.5 Å². The number of para-hydroxylation sites is 1. The van der Waals surface area contributed by atoms with Crippen LogP contribution in [0.5, 0.6) is 0 Å². The van der Waals surface area contributed by atoms with Crippen LogP contribution in [-0.4, -0.2) is 21.6 Å². The van der Waals surface area contributed by atoms with Crippen LogP contribution in [0.4, 0.5) is 5.69 Å². The molecule has 0 bridgehead atoms. The third-order valence-corrected chi connectivity index (χ3v) is 4.80. The molecule has 0 fully saturated rings. The summed E-state index contributed by atoms with van der Waals surface area (Å²) in [6.07, 6.45) is 3.13. The SMILES string of the molecule is CC(C)(C)c1ccc(NC(=O)C(C#N)=Cc2cn(CC(=O)O)c3ccccc23)cc1. The highest BCUT2D eigenvalue weighted by molar-refractivity contribution is 6.10. The minimum Gasteiger partial charge on any atom is -0.480 e. The van der Waals surface area contributed by atoms with Crippen molar-refractivity contribution in [2.75, 3.05) is 5.32 Å². The van der Waals surface area contributed by atoms with Gasteiger partial charge in [0.25, 0.3) is 5.91 Å². The third-order valence-electron chi connectivity index (χ3n) is 4.80. The number of nitriles is 1. The topological polar surface area (TPSA) is 95.1 Å². The maximum absolute atomic E-state index is 12.6. The van der Waals surface area contributed by atoms with E-state index in [9.17, 15) is 14.9 Å². The smallest absolute Gasteiger partial charge is 0.323 e. The van der Waals surface area contributed by atoms with E-state index in [4.69, 9.17) is 5.11 Å². The quantitative estimate of drug-likeness (QED) is 0.484. The van der Waals surface area contributed by atoms with E-state index in [1.165, 1.54) is 6.08 Å². The number of carboxylic acid groups (broad SMARTS) is 1. The maximum Gasteiger partial charge on any atom is 0.323 e. The van der Waals surface area contributed by atoms with Gasteiger partial charge in [-0.15, -0.1) is 0 Å². The standard InChI is InChI=1S/C24H23N3O3/c1-24(2,3)18-8-10-19(11-9-18)26-23(30)16(13-25)12-17-14-27(15-22(28)29)21-7-5-4-6-20(17)21/h4-12,14H,15H2,1-3H3,(H,26,30)(H,28,29). The Hall–Kier alpha value is -3.85. The second-order valence-electron chi connectivity index (χ2n) is 8.07. The summed E-state index contributed by atoms with van der Waals surface area (Å²) in [7, 11) is 0. The van der Waals surface area contributed by atoms with Crippen molar-refractivity contribution in [2.24, 2.45) is 0 Å². The summed E-state index contributed by atoms with van der Waals surface area (Å²) in [5.74, 6) is -1.49. The minimum absolute atomic E-state index is 0.00439. The van der Waals surface area contributed by atoms with Crippen molar-refractivity contribution >= 4 is 34.5 Å². The Morgan fingerprint density at radius 1 is 1.13 bits per heavy atom. The zero-order valence-electron chi connectivity index (χ0n) is 17.1. The fraction of sp³-hybridized carbons (Fsp3) is 0.208. The molecule has 6 heteroatoms. The Morgan fingerprint density at radius 3 is 2.40 bits per heavy atom. The monoisotopic (exact) mass is 401 g/mol. The predicted molar refractivity (Wildman–Crippen MR) is 117 cm³/mol. The number of aromatic nitrogens is 1. The van der Waals surface area contributed by atoms with E-state index in [0.29, 0.717) is 11.3 Å². The molecule has 1 amide bonds. The number of carbonyl (C=O) groups is 2. The first-order valence-electron chi connectivity index (χ1n) is 9.52. The molecule has 0 aliphatic heterocycles. The molecule has 0 atom stereocenters. The number of aliphatic carboxylic acids is 1. The van der Waals surface area contributed by atoms with Gasteiger partial charge in [0, 0.05) is 28.4 Å². The van der Waals surface area contributed by atoms with E-state index < -0.39 is 11.9 Å². The molecule has 3 rings (SSSR count). The zero-order chi connectivity index (χ0) is 21.9. The summed E-state index contributed by atoms with van der Waals surface area (Å²) < 4.78 is 1.58. The molecule has 1 heterocycles. The second kappa shape index (κ2) is 8.26. The zero-order valence-corrected chi connectivity index (χ0v) is 17.1. The van der Waals surface area contributed by atoms with Gasteiger partial charge < -0.3 is 15.0 Å². The summed E-state index contributed by atoms with van der Waals surface area (Å²) in [6.45, 7) is 6.12. The molecule has 2 N–H and O–H groups in total. The largest absolute Gasteiger partial charge is 0.480 e. The molecule has 2 aromatic carbocycles. The molecule has 30 heavy (non-hydrogen) atoms. The normalized spacial score (nSPS) is 11.9. The van der Waals surface area contributed by atoms with Crippen LogP contribution in [0.15, 0.2) is 60.3 Å². The van der Waals surface area contributed by atoms with Gasteiger partial charge in [0.1, 0.15) is 18.2 Å². The van der Waals surface area contributed by atoms with Crippen molar-refractivity contribution in [2.45, 2.75) is 32.7 Å². The highest BCUT2D eigenvalue weighted by atomic mass is 16.4. The lowest BCUT2D eigenvalue weighted by Crippen LogP contribution is -2.14. The van der Waals surface area contributed by atoms with Crippen LogP contribution in [-0.2, 0) is 21.5 Å². The van der Waals surface area contributed by atoms with Crippen LogP contribution in [0.2, 0.25) is 0 Å². The highest BCUT2D eigenvalue weighted by Crippen LogP contribution is 2.25. The summed E-state index contributed by atoms with van der Waals surface area (Å²) >= 11 is 0. The average molecular weight is 401 g/mol. The van der Waals surface area contributed by atoms with Gasteiger partial charge in [0.2, 0.25) is 0 Å². The van der Waals surface area contributed by atoms with Crippen molar-refractivity contribution in [3.8, 4) is 6.07 Å². The first-order valence-corrected chi connectivity index (χ1v) is 9.52. The number of benzene rings is 2. The summed E-state index contributed by atoms with van der Waals surface area (Å²) in [5, 5.41) is 22.2. The number of fused-ring (bicyclic) bond motifs is 1. The van der Waals surface area contributed by atoms with E-state index in [0.717, 1.165) is 16.5 Å². The number of carboxylic acids is 1. The Labute approximate surface area is 175 Å². The Balaban J connectivity index is 1.89. The van der Waals surface area contributed by atoms with Crippen molar-refractivity contribution in [1.82, 2.24) is 4.57 Å². The number of nitrogens with zero attached hydrogens (tertiary/aromatic N) is 2. The van der Waals surface area contributed by atoms with E-state index in [2.05, 4.69) is 26.1 Å². The molecular formula is C24H23N3O3. The lowest BCUT2D eigenvalue weighted by Gasteiger charge is -2.19. The molecule has 0 saturated heterocycles. The van der Waals surface area contributed by atoms with E-state index >= 15 is 0 Å². The van der Waals surface area contributed by atoms with E-state index in [1.807, 2.05) is 48.5 Å². The van der Waals surface area contributed by atoms with Gasteiger partial charge in [0.15, 0.2) is 0 Å². The molecule has 6 nitrogen and oxygen atoms in total. The van der Waals surface area contributed by atoms with Gasteiger partial charge in [-0.25, -0.2) is 0 Å². The third kappa shape index (κ3) is 4.58. The molecule has 0 aliphatic rings. The minimum atomic E-state index is -0.969. The Bertz CT molecular complexity index is 1170. The molecule has 0 spiro atoms. The fourth-order valence-corrected chi connectivity index (χ4v) is 3.22. The number of hydrogen-bond acceptors (Lipinski definition) is 3. The molecule has 0 aliphatic carbocycles. The number of hydrogen-bond donors (Lipinski definition) is 2. The van der Waals surface area contributed by atoms with Gasteiger partial charge >= 0.3 is 5.97 Å². The van der Waals surface area contributed by atoms with Crippen LogP contribution < -0.4 is 5.32 Å². The molecular weight excluding hydrogens is 378 g/mol. The molecule has 0 unspecified atom stereocenters. The lowest BCUT2D eigenvalue weighted by atomic mass is 9.87. The van der Waals surface area contributed by atoms with Crippen LogP contribution in [0.1, 0.15) is 31.9 Å². The highest BCUT2D eigenvalue weighted by Gasteiger charge is 2.15. The first-order chi connectivity index (χ1) is 14.2. The summed E-state index contributed by atoms with van der Waals surface area (Å²) in [5.41, 5.74) is 3.02. The Morgan fingerprint density at radius 2 is 1.80 bits per heavy atom. The number of carbonyl (C=O) groups excluding carboxylic acids is 1. The van der Waals surface area contributed by atoms with Crippen LogP contribution in [0.25, 0.3) is 17.0 Å². The fourth-order valence-electron chi connectivity index (χ4n) is 3.22. The van der Waals surface area contributed by atoms with Gasteiger partial charge in [-0.3, -0.25) is 9.59 Å². The first kappa shape index (κ1) is 20.9. The maximum atomic E-state index is 12.6. The predicted octanol–water partition coefficient (Wildman–Crippen LogP) is 4.57. The number of amides is 1. The number of rotatable bonds is 5. The lowest BCUT2D eigenvalue weighted by molar-refractivity contribution is -0.137. The molecule has 3 aromatic rings. The molecule has 152 valence electrons.